The normalized spacial score (nSPS) is 17.8. The van der Waals surface area contributed by atoms with Gasteiger partial charge in [0, 0.05) is 12.1 Å². The van der Waals surface area contributed by atoms with Crippen molar-refractivity contribution in [1.82, 2.24) is 0 Å². The minimum atomic E-state index is -0.925. The van der Waals surface area contributed by atoms with E-state index in [1.165, 1.54) is 19.3 Å². The van der Waals surface area contributed by atoms with Crippen molar-refractivity contribution in [3.05, 3.63) is 29.3 Å². The van der Waals surface area contributed by atoms with Crippen LogP contribution in [0.4, 0.5) is 14.5 Å². The van der Waals surface area contributed by atoms with Crippen molar-refractivity contribution in [2.24, 2.45) is 11.7 Å². The van der Waals surface area contributed by atoms with Crippen LogP contribution < -0.4 is 11.1 Å². The monoisotopic (exact) mass is 282 g/mol. The molecule has 1 aliphatic rings. The number of benzene rings is 1. The number of amides is 1. The standard InChI is InChI=1S/C15H20F2N2O/c1-9(10-5-3-2-4-6-10)19-14-7-11(15(18)20)12(16)8-13(14)17/h7-10,19H,2-6H2,1H3,(H2,18,20). The fourth-order valence-corrected chi connectivity index (χ4v) is 2.85. The highest BCUT2D eigenvalue weighted by atomic mass is 19.1. The molecule has 0 aromatic heterocycles. The summed E-state index contributed by atoms with van der Waals surface area (Å²) < 4.78 is 27.2. The maximum Gasteiger partial charge on any atom is 0.251 e. The van der Waals surface area contributed by atoms with Gasteiger partial charge in [0.2, 0.25) is 0 Å². The van der Waals surface area contributed by atoms with E-state index < -0.39 is 17.5 Å². The second-order valence-corrected chi connectivity index (χ2v) is 5.51. The van der Waals surface area contributed by atoms with Gasteiger partial charge in [-0.05, 0) is 31.7 Å². The molecule has 0 radical (unpaired) electrons. The van der Waals surface area contributed by atoms with E-state index in [0.29, 0.717) is 12.0 Å². The average molecular weight is 282 g/mol. The zero-order chi connectivity index (χ0) is 14.7. The highest BCUT2D eigenvalue weighted by Gasteiger charge is 2.22. The van der Waals surface area contributed by atoms with Gasteiger partial charge in [0.25, 0.3) is 5.91 Å². The van der Waals surface area contributed by atoms with Gasteiger partial charge in [0.05, 0.1) is 11.3 Å². The van der Waals surface area contributed by atoms with Crippen LogP contribution >= 0.6 is 0 Å². The predicted molar refractivity (Wildman–Crippen MR) is 74.5 cm³/mol. The number of hydrogen-bond donors (Lipinski definition) is 2. The Bertz CT molecular complexity index is 499. The Morgan fingerprint density at radius 2 is 1.90 bits per heavy atom. The number of primary amides is 1. The average Bonchev–Trinajstić information content (AvgIpc) is 2.42. The first-order chi connectivity index (χ1) is 9.49. The van der Waals surface area contributed by atoms with Crippen molar-refractivity contribution in [1.29, 1.82) is 0 Å². The van der Waals surface area contributed by atoms with Crippen LogP contribution in [-0.2, 0) is 0 Å². The lowest BCUT2D eigenvalue weighted by molar-refractivity contribution is 0.0996. The molecular formula is C15H20F2N2O. The summed E-state index contributed by atoms with van der Waals surface area (Å²) in [6.45, 7) is 1.99. The second-order valence-electron chi connectivity index (χ2n) is 5.51. The lowest BCUT2D eigenvalue weighted by Gasteiger charge is -2.29. The number of rotatable bonds is 4. The van der Waals surface area contributed by atoms with E-state index in [-0.39, 0.29) is 17.3 Å². The van der Waals surface area contributed by atoms with E-state index in [9.17, 15) is 13.6 Å². The van der Waals surface area contributed by atoms with Crippen molar-refractivity contribution in [3.8, 4) is 0 Å². The predicted octanol–water partition coefficient (Wildman–Crippen LogP) is 3.44. The van der Waals surface area contributed by atoms with Gasteiger partial charge >= 0.3 is 0 Å². The fraction of sp³-hybridized carbons (Fsp3) is 0.533. The van der Waals surface area contributed by atoms with Crippen LogP contribution in [0.25, 0.3) is 0 Å². The topological polar surface area (TPSA) is 55.1 Å². The van der Waals surface area contributed by atoms with Gasteiger partial charge in [0.1, 0.15) is 11.6 Å². The SMILES string of the molecule is CC(Nc1cc(C(N)=O)c(F)cc1F)C1CCCCC1. The van der Waals surface area contributed by atoms with Crippen LogP contribution in [0.5, 0.6) is 0 Å². The molecule has 3 N–H and O–H groups in total. The number of carbonyl (C=O) groups excluding carboxylic acids is 1. The summed E-state index contributed by atoms with van der Waals surface area (Å²) in [5, 5.41) is 3.05. The van der Waals surface area contributed by atoms with E-state index in [1.807, 2.05) is 6.92 Å². The Hall–Kier alpha value is -1.65. The van der Waals surface area contributed by atoms with Gasteiger partial charge < -0.3 is 11.1 Å². The van der Waals surface area contributed by atoms with Gasteiger partial charge in [-0.25, -0.2) is 8.78 Å². The molecule has 0 saturated heterocycles. The first-order valence-corrected chi connectivity index (χ1v) is 7.04. The maximum absolute atomic E-state index is 13.8. The third-order valence-electron chi connectivity index (χ3n) is 4.06. The molecule has 1 fully saturated rings. The van der Waals surface area contributed by atoms with Gasteiger partial charge in [-0.3, -0.25) is 4.79 Å². The van der Waals surface area contributed by atoms with Gasteiger partial charge in [-0.1, -0.05) is 19.3 Å². The van der Waals surface area contributed by atoms with E-state index in [1.54, 1.807) is 0 Å². The summed E-state index contributed by atoms with van der Waals surface area (Å²) in [4.78, 5) is 11.1. The molecule has 0 heterocycles. The number of halogens is 2. The van der Waals surface area contributed by atoms with Gasteiger partial charge in [-0.15, -0.1) is 0 Å². The second kappa shape index (κ2) is 6.20. The molecule has 3 nitrogen and oxygen atoms in total. The Morgan fingerprint density at radius 1 is 1.25 bits per heavy atom. The van der Waals surface area contributed by atoms with Gasteiger partial charge in [0.15, 0.2) is 0 Å². The molecule has 0 aliphatic heterocycles. The summed E-state index contributed by atoms with van der Waals surface area (Å²) >= 11 is 0. The Morgan fingerprint density at radius 3 is 2.50 bits per heavy atom. The third-order valence-corrected chi connectivity index (χ3v) is 4.06. The smallest absolute Gasteiger partial charge is 0.251 e. The molecule has 1 saturated carbocycles. The van der Waals surface area contributed by atoms with Crippen molar-refractivity contribution in [3.63, 3.8) is 0 Å². The molecule has 2 rings (SSSR count). The minimum absolute atomic E-state index is 0.0796. The van der Waals surface area contributed by atoms with E-state index in [2.05, 4.69) is 5.32 Å². The molecule has 0 bridgehead atoms. The fourth-order valence-electron chi connectivity index (χ4n) is 2.85. The van der Waals surface area contributed by atoms with Crippen molar-refractivity contribution in [2.45, 2.75) is 45.1 Å². The van der Waals surface area contributed by atoms with Crippen LogP contribution in [0.3, 0.4) is 0 Å². The summed E-state index contributed by atoms with van der Waals surface area (Å²) in [6.07, 6.45) is 5.85. The summed E-state index contributed by atoms with van der Waals surface area (Å²) in [5.74, 6) is -2.04. The summed E-state index contributed by atoms with van der Waals surface area (Å²) in [7, 11) is 0. The Labute approximate surface area is 117 Å². The first-order valence-electron chi connectivity index (χ1n) is 7.04. The highest BCUT2D eigenvalue weighted by molar-refractivity contribution is 5.94. The molecule has 1 aromatic rings. The summed E-state index contributed by atoms with van der Waals surface area (Å²) in [6, 6.07) is 1.94. The lowest BCUT2D eigenvalue weighted by atomic mass is 9.84. The van der Waals surface area contributed by atoms with Crippen LogP contribution in [0, 0.1) is 17.6 Å². The number of nitrogens with two attached hydrogens (primary N) is 1. The lowest BCUT2D eigenvalue weighted by Crippen LogP contribution is -2.28. The Kier molecular flexibility index (Phi) is 4.57. The van der Waals surface area contributed by atoms with Crippen molar-refractivity contribution < 1.29 is 13.6 Å². The molecule has 5 heteroatoms. The third kappa shape index (κ3) is 3.26. The number of carbonyl (C=O) groups is 1. The molecule has 0 spiro atoms. The van der Waals surface area contributed by atoms with Crippen LogP contribution in [-0.4, -0.2) is 11.9 Å². The van der Waals surface area contributed by atoms with Crippen LogP contribution in [0.1, 0.15) is 49.4 Å². The molecule has 1 aromatic carbocycles. The van der Waals surface area contributed by atoms with Crippen LogP contribution in [0.15, 0.2) is 12.1 Å². The molecule has 110 valence electrons. The molecule has 1 unspecified atom stereocenters. The largest absolute Gasteiger partial charge is 0.380 e. The molecule has 1 aliphatic carbocycles. The zero-order valence-corrected chi connectivity index (χ0v) is 11.6. The minimum Gasteiger partial charge on any atom is -0.380 e. The van der Waals surface area contributed by atoms with Crippen molar-refractivity contribution >= 4 is 11.6 Å². The number of nitrogens with one attached hydrogen (secondary N) is 1. The maximum atomic E-state index is 13.8. The zero-order valence-electron chi connectivity index (χ0n) is 11.6. The Balaban J connectivity index is 2.15. The number of hydrogen-bond acceptors (Lipinski definition) is 2. The molecule has 20 heavy (non-hydrogen) atoms. The van der Waals surface area contributed by atoms with Gasteiger partial charge in [-0.2, -0.15) is 0 Å². The highest BCUT2D eigenvalue weighted by Crippen LogP contribution is 2.29. The number of anilines is 1. The van der Waals surface area contributed by atoms with Crippen LogP contribution in [0.2, 0.25) is 0 Å². The molecule has 1 amide bonds. The molecular weight excluding hydrogens is 262 g/mol. The summed E-state index contributed by atoms with van der Waals surface area (Å²) in [5.41, 5.74) is 4.93. The van der Waals surface area contributed by atoms with E-state index in [4.69, 9.17) is 5.73 Å². The van der Waals surface area contributed by atoms with Crippen molar-refractivity contribution in [2.75, 3.05) is 5.32 Å². The van der Waals surface area contributed by atoms with E-state index >= 15 is 0 Å². The first kappa shape index (κ1) is 14.8. The molecule has 1 atom stereocenters. The van der Waals surface area contributed by atoms with E-state index in [0.717, 1.165) is 18.9 Å². The quantitative estimate of drug-likeness (QED) is 0.888.